The minimum atomic E-state index is -1.00. The largest absolute Gasteiger partial charge is 0.480 e. The smallest absolute Gasteiger partial charge is 0.410 e. The zero-order valence-electron chi connectivity index (χ0n) is 14.4. The molecule has 1 N–H and O–H groups in total. The minimum Gasteiger partial charge on any atom is -0.480 e. The highest BCUT2D eigenvalue weighted by Crippen LogP contribution is 2.19. The molecule has 1 rings (SSSR count). The van der Waals surface area contributed by atoms with Gasteiger partial charge in [-0.15, -0.1) is 0 Å². The molecular weight excluding hydrogens is 294 g/mol. The Balaban J connectivity index is 3.02. The van der Waals surface area contributed by atoms with Crippen LogP contribution in [0, 0.1) is 11.8 Å². The second kappa shape index (κ2) is 9.18. The van der Waals surface area contributed by atoms with Crippen molar-refractivity contribution in [3.63, 3.8) is 0 Å². The van der Waals surface area contributed by atoms with E-state index < -0.39 is 18.1 Å². The van der Waals surface area contributed by atoms with Gasteiger partial charge in [0.25, 0.3) is 0 Å². The van der Waals surface area contributed by atoms with E-state index >= 15 is 0 Å². The molecule has 0 aromatic heterocycles. The van der Waals surface area contributed by atoms with Crippen LogP contribution in [0.1, 0.15) is 39.7 Å². The molecule has 0 aliphatic heterocycles. The molecule has 0 aliphatic rings. The van der Waals surface area contributed by atoms with Crippen molar-refractivity contribution in [1.82, 2.24) is 4.90 Å². The van der Waals surface area contributed by atoms with Crippen molar-refractivity contribution < 1.29 is 19.4 Å². The fourth-order valence-corrected chi connectivity index (χ4v) is 2.28. The van der Waals surface area contributed by atoms with Crippen LogP contribution in [0.15, 0.2) is 30.3 Å². The Morgan fingerprint density at radius 1 is 1.17 bits per heavy atom. The van der Waals surface area contributed by atoms with Gasteiger partial charge < -0.3 is 9.84 Å². The lowest BCUT2D eigenvalue weighted by Gasteiger charge is -2.32. The van der Waals surface area contributed by atoms with E-state index in [0.29, 0.717) is 6.42 Å². The molecule has 0 radical (unpaired) electrons. The molecule has 2 unspecified atom stereocenters. The summed E-state index contributed by atoms with van der Waals surface area (Å²) in [6.07, 6.45) is 0.0925. The number of carboxylic acids is 1. The van der Waals surface area contributed by atoms with Crippen molar-refractivity contribution in [2.45, 2.75) is 46.7 Å². The fraction of sp³-hybridized carbons (Fsp3) is 0.556. The summed E-state index contributed by atoms with van der Waals surface area (Å²) in [6, 6.07) is 8.46. The summed E-state index contributed by atoms with van der Waals surface area (Å²) < 4.78 is 5.29. The SMILES string of the molecule is CCC(C)C(C(=O)O)N(Cc1ccccc1)C(=O)OCC(C)C. The number of nitrogens with zero attached hydrogens (tertiary/aromatic N) is 1. The van der Waals surface area contributed by atoms with Crippen LogP contribution in [-0.4, -0.2) is 34.7 Å². The molecule has 5 heteroatoms. The molecule has 0 bridgehead atoms. The Kier molecular flexibility index (Phi) is 7.59. The van der Waals surface area contributed by atoms with Gasteiger partial charge in [0.2, 0.25) is 0 Å². The fourth-order valence-electron chi connectivity index (χ4n) is 2.28. The van der Waals surface area contributed by atoms with Gasteiger partial charge in [-0.3, -0.25) is 4.90 Å². The Morgan fingerprint density at radius 3 is 2.26 bits per heavy atom. The monoisotopic (exact) mass is 321 g/mol. The third kappa shape index (κ3) is 5.93. The molecule has 1 aromatic carbocycles. The first-order valence-electron chi connectivity index (χ1n) is 8.06. The average Bonchev–Trinajstić information content (AvgIpc) is 2.52. The Labute approximate surface area is 138 Å². The maximum absolute atomic E-state index is 12.5. The minimum absolute atomic E-state index is 0.164. The number of carboxylic acid groups (broad SMARTS) is 1. The lowest BCUT2D eigenvalue weighted by Crippen LogP contribution is -2.48. The quantitative estimate of drug-likeness (QED) is 0.791. The molecule has 0 aliphatic carbocycles. The third-order valence-corrected chi connectivity index (χ3v) is 3.74. The van der Waals surface area contributed by atoms with Crippen LogP contribution in [0.5, 0.6) is 0 Å². The molecule has 0 spiro atoms. The van der Waals surface area contributed by atoms with E-state index in [1.54, 1.807) is 0 Å². The van der Waals surface area contributed by atoms with E-state index in [2.05, 4.69) is 0 Å². The molecule has 0 fully saturated rings. The first-order valence-corrected chi connectivity index (χ1v) is 8.06. The zero-order valence-corrected chi connectivity index (χ0v) is 14.4. The van der Waals surface area contributed by atoms with Crippen LogP contribution in [0.3, 0.4) is 0 Å². The normalized spacial score (nSPS) is 13.4. The molecule has 0 saturated heterocycles. The number of amides is 1. The van der Waals surface area contributed by atoms with Crippen LogP contribution in [-0.2, 0) is 16.1 Å². The van der Waals surface area contributed by atoms with Gasteiger partial charge in [0.1, 0.15) is 6.04 Å². The van der Waals surface area contributed by atoms with Crippen molar-refractivity contribution in [2.24, 2.45) is 11.8 Å². The van der Waals surface area contributed by atoms with E-state index in [1.807, 2.05) is 58.0 Å². The van der Waals surface area contributed by atoms with E-state index in [1.165, 1.54) is 4.90 Å². The summed E-state index contributed by atoms with van der Waals surface area (Å²) in [5.41, 5.74) is 0.878. The van der Waals surface area contributed by atoms with Crippen LogP contribution >= 0.6 is 0 Å². The van der Waals surface area contributed by atoms with Crippen LogP contribution < -0.4 is 0 Å². The van der Waals surface area contributed by atoms with Crippen molar-refractivity contribution in [3.05, 3.63) is 35.9 Å². The number of carbonyl (C=O) groups excluding carboxylic acids is 1. The number of hydrogen-bond acceptors (Lipinski definition) is 3. The third-order valence-electron chi connectivity index (χ3n) is 3.74. The lowest BCUT2D eigenvalue weighted by atomic mass is 9.97. The number of benzene rings is 1. The summed E-state index contributed by atoms with van der Waals surface area (Å²) in [4.78, 5) is 25.5. The molecule has 0 saturated carbocycles. The van der Waals surface area contributed by atoms with Crippen molar-refractivity contribution in [3.8, 4) is 0 Å². The molecule has 1 aromatic rings. The van der Waals surface area contributed by atoms with Gasteiger partial charge in [0, 0.05) is 6.54 Å². The van der Waals surface area contributed by atoms with E-state index in [4.69, 9.17) is 4.74 Å². The molecule has 2 atom stereocenters. The highest BCUT2D eigenvalue weighted by atomic mass is 16.6. The van der Waals surface area contributed by atoms with E-state index in [0.717, 1.165) is 5.56 Å². The topological polar surface area (TPSA) is 66.8 Å². The summed E-state index contributed by atoms with van der Waals surface area (Å²) in [5, 5.41) is 9.60. The lowest BCUT2D eigenvalue weighted by molar-refractivity contribution is -0.145. The standard InChI is InChI=1S/C18H27NO4/c1-5-14(4)16(17(20)21)19(18(22)23-12-13(2)3)11-15-9-7-6-8-10-15/h6-10,13-14,16H,5,11-12H2,1-4H3,(H,20,21). The first-order chi connectivity index (χ1) is 10.9. The van der Waals surface area contributed by atoms with E-state index in [-0.39, 0.29) is 25.0 Å². The van der Waals surface area contributed by atoms with Crippen LogP contribution in [0.4, 0.5) is 4.79 Å². The van der Waals surface area contributed by atoms with Gasteiger partial charge in [-0.2, -0.15) is 0 Å². The second-order valence-corrected chi connectivity index (χ2v) is 6.25. The summed E-state index contributed by atoms with van der Waals surface area (Å²) in [5.74, 6) is -0.969. The summed E-state index contributed by atoms with van der Waals surface area (Å²) in [6.45, 7) is 8.14. The average molecular weight is 321 g/mol. The van der Waals surface area contributed by atoms with Gasteiger partial charge in [-0.1, -0.05) is 64.4 Å². The highest BCUT2D eigenvalue weighted by Gasteiger charge is 2.34. The molecule has 1 amide bonds. The predicted octanol–water partition coefficient (Wildman–Crippen LogP) is 3.78. The van der Waals surface area contributed by atoms with Gasteiger partial charge in [-0.05, 0) is 17.4 Å². The van der Waals surface area contributed by atoms with Crippen LogP contribution in [0.25, 0.3) is 0 Å². The Morgan fingerprint density at radius 2 is 1.78 bits per heavy atom. The maximum atomic E-state index is 12.5. The summed E-state index contributed by atoms with van der Waals surface area (Å²) in [7, 11) is 0. The van der Waals surface area contributed by atoms with Crippen molar-refractivity contribution >= 4 is 12.1 Å². The van der Waals surface area contributed by atoms with Gasteiger partial charge >= 0.3 is 12.1 Å². The number of ether oxygens (including phenoxy) is 1. The first kappa shape index (κ1) is 19.0. The number of hydrogen-bond donors (Lipinski definition) is 1. The number of rotatable bonds is 8. The molecule has 128 valence electrons. The van der Waals surface area contributed by atoms with Crippen molar-refractivity contribution in [1.29, 1.82) is 0 Å². The molecular formula is C18H27NO4. The molecule has 23 heavy (non-hydrogen) atoms. The number of aliphatic carboxylic acids is 1. The van der Waals surface area contributed by atoms with Crippen molar-refractivity contribution in [2.75, 3.05) is 6.61 Å². The number of carbonyl (C=O) groups is 2. The molecule has 0 heterocycles. The van der Waals surface area contributed by atoms with Gasteiger partial charge in [0.05, 0.1) is 6.61 Å². The predicted molar refractivity (Wildman–Crippen MR) is 89.0 cm³/mol. The zero-order chi connectivity index (χ0) is 17.4. The van der Waals surface area contributed by atoms with Crippen LogP contribution in [0.2, 0.25) is 0 Å². The Bertz CT molecular complexity index is 501. The van der Waals surface area contributed by atoms with Gasteiger partial charge in [0.15, 0.2) is 0 Å². The maximum Gasteiger partial charge on any atom is 0.410 e. The second-order valence-electron chi connectivity index (χ2n) is 6.25. The summed E-state index contributed by atoms with van der Waals surface area (Å²) >= 11 is 0. The highest BCUT2D eigenvalue weighted by molar-refractivity contribution is 5.80. The molecule has 5 nitrogen and oxygen atoms in total. The Hall–Kier alpha value is -2.04. The van der Waals surface area contributed by atoms with E-state index in [9.17, 15) is 14.7 Å². The van der Waals surface area contributed by atoms with Gasteiger partial charge in [-0.25, -0.2) is 9.59 Å².